The molecule has 1 amide bonds. The van der Waals surface area contributed by atoms with Crippen LogP contribution in [0.2, 0.25) is 0 Å². The highest BCUT2D eigenvalue weighted by Crippen LogP contribution is 2.09. The number of aryl methyl sites for hydroxylation is 1. The van der Waals surface area contributed by atoms with Crippen molar-refractivity contribution in [2.45, 2.75) is 19.9 Å². The minimum Gasteiger partial charge on any atom is -0.348 e. The third kappa shape index (κ3) is 3.79. The Bertz CT molecular complexity index is 371. The summed E-state index contributed by atoms with van der Waals surface area (Å²) in [5, 5.41) is 2.66. The molecule has 0 aliphatic rings. The number of carbonyl (C=O) groups is 1. The lowest BCUT2D eigenvalue weighted by Gasteiger charge is -2.11. The molecule has 0 saturated carbocycles. The molecule has 3 N–H and O–H groups in total. The minimum atomic E-state index is -0.372. The van der Waals surface area contributed by atoms with Crippen molar-refractivity contribution in [3.05, 3.63) is 35.1 Å². The van der Waals surface area contributed by atoms with Crippen LogP contribution < -0.4 is 11.1 Å². The third-order valence-corrected chi connectivity index (χ3v) is 2.17. The van der Waals surface area contributed by atoms with E-state index in [1.807, 2.05) is 0 Å². The van der Waals surface area contributed by atoms with Gasteiger partial charge in [-0.2, -0.15) is 0 Å². The Morgan fingerprint density at radius 1 is 1.56 bits per heavy atom. The fourth-order valence-electron chi connectivity index (χ4n) is 1.10. The molecule has 90 valence electrons. The van der Waals surface area contributed by atoms with E-state index in [2.05, 4.69) is 5.32 Å². The Kier molecular flexibility index (Phi) is 6.00. The van der Waals surface area contributed by atoms with Crippen molar-refractivity contribution < 1.29 is 9.18 Å². The Balaban J connectivity index is 0.00000225. The Hall–Kier alpha value is -1.13. The third-order valence-electron chi connectivity index (χ3n) is 2.17. The second-order valence-electron chi connectivity index (χ2n) is 3.57. The first-order chi connectivity index (χ1) is 7.04. The lowest BCUT2D eigenvalue weighted by molar-refractivity contribution is 0.0941. The van der Waals surface area contributed by atoms with E-state index in [1.54, 1.807) is 26.0 Å². The van der Waals surface area contributed by atoms with Crippen LogP contribution in [0.5, 0.6) is 0 Å². The summed E-state index contributed by atoms with van der Waals surface area (Å²) in [6.45, 7) is 3.81. The van der Waals surface area contributed by atoms with Crippen LogP contribution in [-0.2, 0) is 0 Å². The zero-order chi connectivity index (χ0) is 11.4. The van der Waals surface area contributed by atoms with Gasteiger partial charge < -0.3 is 11.1 Å². The van der Waals surface area contributed by atoms with E-state index >= 15 is 0 Å². The van der Waals surface area contributed by atoms with Gasteiger partial charge in [0.05, 0.1) is 0 Å². The summed E-state index contributed by atoms with van der Waals surface area (Å²) >= 11 is 0. The maximum absolute atomic E-state index is 13.2. The van der Waals surface area contributed by atoms with Crippen LogP contribution >= 0.6 is 12.4 Å². The van der Waals surface area contributed by atoms with Gasteiger partial charge in [-0.3, -0.25) is 4.79 Å². The molecule has 0 heterocycles. The van der Waals surface area contributed by atoms with E-state index in [0.717, 1.165) is 0 Å². The van der Waals surface area contributed by atoms with Crippen molar-refractivity contribution >= 4 is 18.3 Å². The summed E-state index contributed by atoms with van der Waals surface area (Å²) in [4.78, 5) is 11.5. The first kappa shape index (κ1) is 14.9. The van der Waals surface area contributed by atoms with Gasteiger partial charge in [-0.05, 0) is 31.5 Å². The van der Waals surface area contributed by atoms with Gasteiger partial charge in [-0.25, -0.2) is 4.39 Å². The highest BCUT2D eigenvalue weighted by molar-refractivity contribution is 5.94. The molecule has 1 aromatic carbocycles. The molecule has 0 aliphatic carbocycles. The number of halogens is 2. The van der Waals surface area contributed by atoms with E-state index in [1.165, 1.54) is 6.07 Å². The molecule has 0 saturated heterocycles. The Morgan fingerprint density at radius 3 is 2.69 bits per heavy atom. The highest BCUT2D eigenvalue weighted by Gasteiger charge is 2.09. The summed E-state index contributed by atoms with van der Waals surface area (Å²) in [6.07, 6.45) is 0. The smallest absolute Gasteiger partial charge is 0.251 e. The average Bonchev–Trinajstić information content (AvgIpc) is 2.21. The van der Waals surface area contributed by atoms with Crippen molar-refractivity contribution in [1.29, 1.82) is 0 Å². The van der Waals surface area contributed by atoms with Crippen LogP contribution in [0.4, 0.5) is 4.39 Å². The largest absolute Gasteiger partial charge is 0.348 e. The molecule has 3 nitrogen and oxygen atoms in total. The lowest BCUT2D eigenvalue weighted by Crippen LogP contribution is -2.37. The van der Waals surface area contributed by atoms with Gasteiger partial charge in [0.2, 0.25) is 0 Å². The SMILES string of the molecule is Cc1ccc(C(=O)N[C@@H](C)CN)cc1F.Cl. The molecule has 1 aromatic rings. The van der Waals surface area contributed by atoms with Gasteiger partial charge in [-0.1, -0.05) is 6.07 Å². The molecule has 1 rings (SSSR count). The van der Waals surface area contributed by atoms with Gasteiger partial charge in [0, 0.05) is 18.2 Å². The molecule has 0 aliphatic heterocycles. The normalized spacial score (nSPS) is 11.5. The molecular weight excluding hydrogens is 231 g/mol. The number of benzene rings is 1. The minimum absolute atomic E-state index is 0. The predicted molar refractivity (Wildman–Crippen MR) is 64.4 cm³/mol. The van der Waals surface area contributed by atoms with Crippen LogP contribution in [0.15, 0.2) is 18.2 Å². The molecule has 0 bridgehead atoms. The zero-order valence-electron chi connectivity index (χ0n) is 9.29. The molecule has 0 aromatic heterocycles. The Labute approximate surface area is 101 Å². The second kappa shape index (κ2) is 6.45. The molecule has 0 spiro atoms. The van der Waals surface area contributed by atoms with Crippen LogP contribution in [0, 0.1) is 12.7 Å². The van der Waals surface area contributed by atoms with E-state index in [0.29, 0.717) is 17.7 Å². The van der Waals surface area contributed by atoms with Gasteiger partial charge in [0.25, 0.3) is 5.91 Å². The lowest BCUT2D eigenvalue weighted by atomic mass is 10.1. The highest BCUT2D eigenvalue weighted by atomic mass is 35.5. The van der Waals surface area contributed by atoms with Crippen molar-refractivity contribution in [3.8, 4) is 0 Å². The summed E-state index contributed by atoms with van der Waals surface area (Å²) < 4.78 is 13.2. The van der Waals surface area contributed by atoms with Crippen molar-refractivity contribution in [2.75, 3.05) is 6.54 Å². The van der Waals surface area contributed by atoms with Gasteiger partial charge >= 0.3 is 0 Å². The molecule has 0 unspecified atom stereocenters. The summed E-state index contributed by atoms with van der Waals surface area (Å²) in [7, 11) is 0. The molecule has 0 fully saturated rings. The van der Waals surface area contributed by atoms with Crippen molar-refractivity contribution in [1.82, 2.24) is 5.32 Å². The first-order valence-electron chi connectivity index (χ1n) is 4.81. The fraction of sp³-hybridized carbons (Fsp3) is 0.364. The average molecular weight is 247 g/mol. The summed E-state index contributed by atoms with van der Waals surface area (Å²) in [5.41, 5.74) is 6.21. The van der Waals surface area contributed by atoms with Gasteiger partial charge in [0.15, 0.2) is 0 Å². The van der Waals surface area contributed by atoms with Crippen molar-refractivity contribution in [2.24, 2.45) is 5.73 Å². The first-order valence-corrected chi connectivity index (χ1v) is 4.81. The maximum Gasteiger partial charge on any atom is 0.251 e. The molecule has 0 radical (unpaired) electrons. The number of rotatable bonds is 3. The van der Waals surface area contributed by atoms with E-state index < -0.39 is 0 Å². The van der Waals surface area contributed by atoms with E-state index in [4.69, 9.17) is 5.73 Å². The zero-order valence-corrected chi connectivity index (χ0v) is 10.1. The number of carbonyl (C=O) groups excluding carboxylic acids is 1. The summed E-state index contributed by atoms with van der Waals surface area (Å²) in [6, 6.07) is 4.30. The number of hydrogen-bond donors (Lipinski definition) is 2. The van der Waals surface area contributed by atoms with Crippen LogP contribution in [-0.4, -0.2) is 18.5 Å². The summed E-state index contributed by atoms with van der Waals surface area (Å²) in [5.74, 6) is -0.671. The topological polar surface area (TPSA) is 55.1 Å². The predicted octanol–water partition coefficient (Wildman–Crippen LogP) is 1.63. The van der Waals surface area contributed by atoms with E-state index in [9.17, 15) is 9.18 Å². The molecule has 16 heavy (non-hydrogen) atoms. The molecular formula is C11H16ClFN2O. The number of hydrogen-bond acceptors (Lipinski definition) is 2. The quantitative estimate of drug-likeness (QED) is 0.852. The van der Waals surface area contributed by atoms with Crippen LogP contribution in [0.3, 0.4) is 0 Å². The second-order valence-corrected chi connectivity index (χ2v) is 3.57. The van der Waals surface area contributed by atoms with Gasteiger partial charge in [0.1, 0.15) is 5.82 Å². The molecule has 5 heteroatoms. The van der Waals surface area contributed by atoms with Gasteiger partial charge in [-0.15, -0.1) is 12.4 Å². The fourth-order valence-corrected chi connectivity index (χ4v) is 1.10. The van der Waals surface area contributed by atoms with E-state index in [-0.39, 0.29) is 30.2 Å². The Morgan fingerprint density at radius 2 is 2.19 bits per heavy atom. The molecule has 1 atom stereocenters. The monoisotopic (exact) mass is 246 g/mol. The number of nitrogens with one attached hydrogen (secondary N) is 1. The van der Waals surface area contributed by atoms with Crippen LogP contribution in [0.25, 0.3) is 0 Å². The number of amides is 1. The van der Waals surface area contributed by atoms with Crippen LogP contribution in [0.1, 0.15) is 22.8 Å². The van der Waals surface area contributed by atoms with Crippen molar-refractivity contribution in [3.63, 3.8) is 0 Å². The standard InChI is InChI=1S/C11H15FN2O.ClH/c1-7-3-4-9(5-10(7)12)11(15)14-8(2)6-13;/h3-5,8H,6,13H2,1-2H3,(H,14,15);1H/t8-;/m0./s1. The number of nitrogens with two attached hydrogens (primary N) is 1. The maximum atomic E-state index is 13.2.